The molecule has 0 amide bonds. The van der Waals surface area contributed by atoms with Crippen molar-refractivity contribution in [2.45, 2.75) is 33.0 Å². The van der Waals surface area contributed by atoms with Gasteiger partial charge < -0.3 is 15.8 Å². The Morgan fingerprint density at radius 3 is 2.50 bits per heavy atom. The van der Waals surface area contributed by atoms with Gasteiger partial charge in [-0.1, -0.05) is 51.3 Å². The summed E-state index contributed by atoms with van der Waals surface area (Å²) in [6, 6.07) is 2.83. The molecule has 0 radical (unpaired) electrons. The van der Waals surface area contributed by atoms with Crippen LogP contribution in [0.3, 0.4) is 0 Å². The largest absolute Gasteiger partial charge is 0.483 e. The first-order valence-electron chi connectivity index (χ1n) is 8.75. The highest BCUT2D eigenvalue weighted by Gasteiger charge is 2.28. The molecule has 1 aromatic heterocycles. The van der Waals surface area contributed by atoms with E-state index in [0.717, 1.165) is 5.57 Å². The molecule has 0 fully saturated rings. The van der Waals surface area contributed by atoms with Gasteiger partial charge >= 0.3 is 6.18 Å². The van der Waals surface area contributed by atoms with Gasteiger partial charge in [0.1, 0.15) is 5.75 Å². The Balaban J connectivity index is 0.00000352. The molecular formula is C21H28F3N3O. The molecule has 1 atom stereocenters. The maximum Gasteiger partial charge on any atom is 0.422 e. The SMILES string of the molecule is C=C/C=C(/C=C\C=C/N)C(=C)NC(C)c1ccc(OCC(F)(F)F)cn1.CC. The van der Waals surface area contributed by atoms with Gasteiger partial charge in [-0.05, 0) is 36.9 Å². The summed E-state index contributed by atoms with van der Waals surface area (Å²) in [4.78, 5) is 4.13. The van der Waals surface area contributed by atoms with E-state index in [2.05, 4.69) is 28.2 Å². The van der Waals surface area contributed by atoms with Crippen LogP contribution in [0.1, 0.15) is 32.5 Å². The summed E-state index contributed by atoms with van der Waals surface area (Å²) in [5, 5.41) is 3.18. The van der Waals surface area contributed by atoms with Crippen molar-refractivity contribution >= 4 is 0 Å². The molecule has 0 bridgehead atoms. The molecule has 0 spiro atoms. The van der Waals surface area contributed by atoms with Gasteiger partial charge in [-0.15, -0.1) is 0 Å². The van der Waals surface area contributed by atoms with Crippen molar-refractivity contribution in [2.75, 3.05) is 6.61 Å². The molecule has 4 nitrogen and oxygen atoms in total. The number of nitrogens with one attached hydrogen (secondary N) is 1. The summed E-state index contributed by atoms with van der Waals surface area (Å²) < 4.78 is 41.1. The van der Waals surface area contributed by atoms with E-state index in [0.29, 0.717) is 11.4 Å². The van der Waals surface area contributed by atoms with Crippen molar-refractivity contribution in [3.63, 3.8) is 0 Å². The molecule has 7 heteroatoms. The van der Waals surface area contributed by atoms with E-state index in [1.54, 1.807) is 30.4 Å². The Labute approximate surface area is 165 Å². The van der Waals surface area contributed by atoms with Crippen LogP contribution in [-0.4, -0.2) is 17.8 Å². The number of alkyl halides is 3. The van der Waals surface area contributed by atoms with Crippen LogP contribution < -0.4 is 15.8 Å². The maximum atomic E-state index is 12.1. The van der Waals surface area contributed by atoms with Crippen LogP contribution in [0.15, 0.2) is 79.3 Å². The standard InChI is InChI=1S/C19H22F3N3O.C2H6/c1-4-7-16(8-5-6-11-23)14(2)25-15(3)18-10-9-17(12-24-18)26-13-19(20,21)22;1-2/h4-12,15,25H,1-2,13,23H2,3H3;1-2H3/b8-5-,11-6-,16-7-;. The second kappa shape index (κ2) is 13.2. The first-order chi connectivity index (χ1) is 13.3. The number of aromatic nitrogens is 1. The zero-order chi connectivity index (χ0) is 21.6. The third-order valence-corrected chi connectivity index (χ3v) is 3.14. The van der Waals surface area contributed by atoms with E-state index in [1.807, 2.05) is 26.8 Å². The smallest absolute Gasteiger partial charge is 0.422 e. The van der Waals surface area contributed by atoms with Crippen molar-refractivity contribution in [3.8, 4) is 5.75 Å². The highest BCUT2D eigenvalue weighted by molar-refractivity contribution is 5.40. The second-order valence-corrected chi connectivity index (χ2v) is 5.27. The van der Waals surface area contributed by atoms with Crippen molar-refractivity contribution in [1.82, 2.24) is 10.3 Å². The summed E-state index contributed by atoms with van der Waals surface area (Å²) in [6.45, 7) is 12.2. The fraction of sp³-hybridized carbons (Fsp3) is 0.286. The predicted molar refractivity (Wildman–Crippen MR) is 109 cm³/mol. The van der Waals surface area contributed by atoms with E-state index in [4.69, 9.17) is 5.73 Å². The number of ether oxygens (including phenoxy) is 1. The number of rotatable bonds is 9. The highest BCUT2D eigenvalue weighted by atomic mass is 19.4. The number of nitrogens with two attached hydrogens (primary N) is 1. The van der Waals surface area contributed by atoms with Crippen LogP contribution in [-0.2, 0) is 0 Å². The molecule has 0 aliphatic rings. The fourth-order valence-corrected chi connectivity index (χ4v) is 1.92. The number of nitrogens with zero attached hydrogens (tertiary/aromatic N) is 1. The van der Waals surface area contributed by atoms with Gasteiger partial charge in [-0.3, -0.25) is 4.98 Å². The topological polar surface area (TPSA) is 60.2 Å². The normalized spacial score (nSPS) is 13.0. The number of allylic oxidation sites excluding steroid dienone is 5. The highest BCUT2D eigenvalue weighted by Crippen LogP contribution is 2.20. The molecule has 0 aliphatic carbocycles. The molecule has 1 rings (SSSR count). The third kappa shape index (κ3) is 10.3. The molecule has 3 N–H and O–H groups in total. The molecule has 28 heavy (non-hydrogen) atoms. The van der Waals surface area contributed by atoms with Crippen LogP contribution in [0, 0.1) is 0 Å². The summed E-state index contributed by atoms with van der Waals surface area (Å²) in [5.74, 6) is 0.0563. The minimum Gasteiger partial charge on any atom is -0.483 e. The molecule has 154 valence electrons. The minimum absolute atomic E-state index is 0.0563. The van der Waals surface area contributed by atoms with Gasteiger partial charge in [0.25, 0.3) is 0 Å². The lowest BCUT2D eigenvalue weighted by Crippen LogP contribution is -2.20. The van der Waals surface area contributed by atoms with Crippen molar-refractivity contribution in [1.29, 1.82) is 0 Å². The van der Waals surface area contributed by atoms with Crippen LogP contribution in [0.4, 0.5) is 13.2 Å². The van der Waals surface area contributed by atoms with Crippen molar-refractivity contribution in [2.24, 2.45) is 5.73 Å². The monoisotopic (exact) mass is 395 g/mol. The quantitative estimate of drug-likeness (QED) is 0.553. The Morgan fingerprint density at radius 2 is 2.00 bits per heavy atom. The molecular weight excluding hydrogens is 367 g/mol. The maximum absolute atomic E-state index is 12.1. The lowest BCUT2D eigenvalue weighted by molar-refractivity contribution is -0.153. The molecule has 1 aromatic rings. The van der Waals surface area contributed by atoms with Crippen molar-refractivity contribution in [3.05, 3.63) is 85.0 Å². The molecule has 0 aromatic carbocycles. The lowest BCUT2D eigenvalue weighted by Gasteiger charge is -2.18. The van der Waals surface area contributed by atoms with Gasteiger partial charge in [0.15, 0.2) is 6.61 Å². The summed E-state index contributed by atoms with van der Waals surface area (Å²) in [5.41, 5.74) is 7.36. The van der Waals surface area contributed by atoms with Crippen LogP contribution in [0.5, 0.6) is 5.75 Å². The number of halogens is 3. The lowest BCUT2D eigenvalue weighted by atomic mass is 10.1. The Morgan fingerprint density at radius 1 is 1.32 bits per heavy atom. The Kier molecular flexibility index (Phi) is 11.8. The van der Waals surface area contributed by atoms with E-state index >= 15 is 0 Å². The second-order valence-electron chi connectivity index (χ2n) is 5.27. The first-order valence-corrected chi connectivity index (χ1v) is 8.75. The number of hydrogen-bond acceptors (Lipinski definition) is 4. The molecule has 1 heterocycles. The Bertz CT molecular complexity index is 690. The van der Waals surface area contributed by atoms with Gasteiger partial charge in [0.2, 0.25) is 0 Å². The van der Waals surface area contributed by atoms with Crippen LogP contribution in [0.25, 0.3) is 0 Å². The first kappa shape index (κ1) is 25.0. The number of pyridine rings is 1. The van der Waals surface area contributed by atoms with Crippen LogP contribution in [0.2, 0.25) is 0 Å². The minimum atomic E-state index is -4.38. The zero-order valence-electron chi connectivity index (χ0n) is 16.5. The molecule has 0 saturated heterocycles. The summed E-state index contributed by atoms with van der Waals surface area (Å²) >= 11 is 0. The molecule has 1 unspecified atom stereocenters. The summed E-state index contributed by atoms with van der Waals surface area (Å²) in [7, 11) is 0. The van der Waals surface area contributed by atoms with E-state index in [1.165, 1.54) is 18.5 Å². The molecule has 0 aliphatic heterocycles. The van der Waals surface area contributed by atoms with Gasteiger partial charge in [0, 0.05) is 5.70 Å². The van der Waals surface area contributed by atoms with E-state index in [-0.39, 0.29) is 11.8 Å². The summed E-state index contributed by atoms with van der Waals surface area (Å²) in [6.07, 6.45) is 6.95. The zero-order valence-corrected chi connectivity index (χ0v) is 16.5. The average molecular weight is 395 g/mol. The fourth-order valence-electron chi connectivity index (χ4n) is 1.92. The molecule has 0 saturated carbocycles. The third-order valence-electron chi connectivity index (χ3n) is 3.14. The van der Waals surface area contributed by atoms with Gasteiger partial charge in [0.05, 0.1) is 17.9 Å². The Hall–Kier alpha value is -2.96. The number of hydrogen-bond donors (Lipinski definition) is 2. The van der Waals surface area contributed by atoms with E-state index in [9.17, 15) is 13.2 Å². The van der Waals surface area contributed by atoms with E-state index < -0.39 is 12.8 Å². The van der Waals surface area contributed by atoms with Gasteiger partial charge in [-0.2, -0.15) is 13.2 Å². The average Bonchev–Trinajstić information content (AvgIpc) is 2.67. The van der Waals surface area contributed by atoms with Gasteiger partial charge in [-0.25, -0.2) is 0 Å². The predicted octanol–water partition coefficient (Wildman–Crippen LogP) is 5.35. The van der Waals surface area contributed by atoms with Crippen LogP contribution >= 0.6 is 0 Å². The van der Waals surface area contributed by atoms with Crippen molar-refractivity contribution < 1.29 is 17.9 Å².